The fourth-order valence-corrected chi connectivity index (χ4v) is 4.27. The number of carbonyl (C=O) groups excluding carboxylic acids is 5. The average molecular weight is 545 g/mol. The number of hydrogen-bond acceptors (Lipinski definition) is 8. The maximum Gasteiger partial charge on any atom is 0.376 e. The number of allylic oxidation sites excluding steroid dienone is 1. The third kappa shape index (κ3) is 9.19. The van der Waals surface area contributed by atoms with Gasteiger partial charge in [-0.1, -0.05) is 33.8 Å². The van der Waals surface area contributed by atoms with Crippen molar-refractivity contribution in [1.29, 1.82) is 0 Å². The summed E-state index contributed by atoms with van der Waals surface area (Å²) in [7, 11) is 0. The molecule has 1 aromatic rings. The number of ether oxygens (including phenoxy) is 2. The van der Waals surface area contributed by atoms with E-state index >= 15 is 0 Å². The van der Waals surface area contributed by atoms with Gasteiger partial charge in [-0.2, -0.15) is 0 Å². The van der Waals surface area contributed by atoms with Gasteiger partial charge in [-0.05, 0) is 49.7 Å². The summed E-state index contributed by atoms with van der Waals surface area (Å²) in [4.78, 5) is 69.3. The van der Waals surface area contributed by atoms with Crippen LogP contribution in [0.3, 0.4) is 0 Å². The van der Waals surface area contributed by atoms with Gasteiger partial charge in [-0.25, -0.2) is 4.79 Å². The highest BCUT2D eigenvalue weighted by Crippen LogP contribution is 2.23. The molecule has 2 heterocycles. The van der Waals surface area contributed by atoms with Crippen molar-refractivity contribution in [3.8, 4) is 0 Å². The van der Waals surface area contributed by atoms with E-state index in [-0.39, 0.29) is 42.2 Å². The quantitative estimate of drug-likeness (QED) is 0.232. The first kappa shape index (κ1) is 31.5. The molecule has 1 saturated heterocycles. The first-order valence-corrected chi connectivity index (χ1v) is 13.4. The van der Waals surface area contributed by atoms with E-state index in [4.69, 9.17) is 9.47 Å². The van der Waals surface area contributed by atoms with E-state index in [0.717, 1.165) is 12.5 Å². The predicted octanol–water partition coefficient (Wildman–Crippen LogP) is 2.26. The normalized spacial score (nSPS) is 16.4. The third-order valence-electron chi connectivity index (χ3n) is 6.24. The Labute approximate surface area is 229 Å². The van der Waals surface area contributed by atoms with Crippen molar-refractivity contribution in [3.63, 3.8) is 0 Å². The van der Waals surface area contributed by atoms with Gasteiger partial charge in [0.05, 0.1) is 12.3 Å². The summed E-state index contributed by atoms with van der Waals surface area (Å²) >= 11 is 0. The van der Waals surface area contributed by atoms with Gasteiger partial charge in [0.25, 0.3) is 0 Å². The second-order valence-corrected chi connectivity index (χ2v) is 10.0. The van der Waals surface area contributed by atoms with Crippen molar-refractivity contribution in [3.05, 3.63) is 41.5 Å². The standard InChI is InChI=1S/C28H40N4O7/c1-7-38-28(37)25(39-19(6)33)23(17(2)3)31-26(35)21-11-9-15-32(21)27(36)24(18(4)5)30-22(34)13-12-20-10-8-14-29-16-20/h8,10,14,16-18,21,24H,7,9,11-13,15H2,1-6H3,(H,30,34)(H,31,35)/b25-23+/t21-,24?/m0/s1. The Kier molecular flexibility index (Phi) is 12.1. The summed E-state index contributed by atoms with van der Waals surface area (Å²) in [5.41, 5.74) is 1.01. The summed E-state index contributed by atoms with van der Waals surface area (Å²) in [5, 5.41) is 5.55. The average Bonchev–Trinajstić information content (AvgIpc) is 3.38. The van der Waals surface area contributed by atoms with E-state index in [2.05, 4.69) is 15.6 Å². The molecule has 0 radical (unpaired) electrons. The Bertz CT molecular complexity index is 1070. The first-order valence-electron chi connectivity index (χ1n) is 13.4. The highest BCUT2D eigenvalue weighted by molar-refractivity contribution is 5.95. The van der Waals surface area contributed by atoms with E-state index in [1.54, 1.807) is 39.2 Å². The lowest BCUT2D eigenvalue weighted by atomic mass is 10.0. The largest absolute Gasteiger partial charge is 0.460 e. The molecule has 39 heavy (non-hydrogen) atoms. The van der Waals surface area contributed by atoms with Gasteiger partial charge in [0.1, 0.15) is 12.1 Å². The zero-order chi connectivity index (χ0) is 29.1. The number of hydrogen-bond donors (Lipinski definition) is 2. The number of esters is 2. The molecule has 1 aliphatic rings. The smallest absolute Gasteiger partial charge is 0.376 e. The molecular formula is C28H40N4O7. The zero-order valence-electron chi connectivity index (χ0n) is 23.6. The molecule has 0 bridgehead atoms. The van der Waals surface area contributed by atoms with Crippen LogP contribution in [-0.2, 0) is 39.9 Å². The minimum atomic E-state index is -0.870. The molecule has 11 nitrogen and oxygen atoms in total. The lowest BCUT2D eigenvalue weighted by Crippen LogP contribution is -2.55. The number of rotatable bonds is 12. The van der Waals surface area contributed by atoms with Crippen LogP contribution in [0.5, 0.6) is 0 Å². The minimum Gasteiger partial charge on any atom is -0.460 e. The van der Waals surface area contributed by atoms with Crippen LogP contribution in [0.15, 0.2) is 36.0 Å². The van der Waals surface area contributed by atoms with Crippen LogP contribution in [0.1, 0.15) is 66.4 Å². The van der Waals surface area contributed by atoms with Gasteiger partial charge in [0.15, 0.2) is 0 Å². The molecule has 1 aliphatic heterocycles. The molecule has 2 rings (SSSR count). The Morgan fingerprint density at radius 1 is 1.15 bits per heavy atom. The Balaban J connectivity index is 2.19. The van der Waals surface area contributed by atoms with E-state index in [9.17, 15) is 24.0 Å². The number of aryl methyl sites for hydroxylation is 1. The van der Waals surface area contributed by atoms with Crippen LogP contribution >= 0.6 is 0 Å². The van der Waals surface area contributed by atoms with Gasteiger partial charge in [-0.15, -0.1) is 0 Å². The van der Waals surface area contributed by atoms with Crippen LogP contribution in [0.25, 0.3) is 0 Å². The monoisotopic (exact) mass is 544 g/mol. The van der Waals surface area contributed by atoms with E-state index in [0.29, 0.717) is 25.8 Å². The Morgan fingerprint density at radius 3 is 2.44 bits per heavy atom. The third-order valence-corrected chi connectivity index (χ3v) is 6.24. The Morgan fingerprint density at radius 2 is 1.87 bits per heavy atom. The highest BCUT2D eigenvalue weighted by atomic mass is 16.6. The molecular weight excluding hydrogens is 504 g/mol. The fourth-order valence-electron chi connectivity index (χ4n) is 4.27. The van der Waals surface area contributed by atoms with Crippen molar-refractivity contribution < 1.29 is 33.4 Å². The summed E-state index contributed by atoms with van der Waals surface area (Å²) in [5.74, 6) is -3.73. The number of nitrogens with one attached hydrogen (secondary N) is 2. The van der Waals surface area contributed by atoms with Crippen LogP contribution < -0.4 is 10.6 Å². The molecule has 1 fully saturated rings. The molecule has 0 saturated carbocycles. The first-order chi connectivity index (χ1) is 18.5. The molecule has 0 aromatic carbocycles. The molecule has 1 unspecified atom stereocenters. The number of aromatic nitrogens is 1. The van der Waals surface area contributed by atoms with Gasteiger partial charge in [-0.3, -0.25) is 24.2 Å². The number of amides is 3. The van der Waals surface area contributed by atoms with E-state index in [1.165, 1.54) is 4.90 Å². The van der Waals surface area contributed by atoms with Gasteiger partial charge in [0.2, 0.25) is 23.5 Å². The topological polar surface area (TPSA) is 144 Å². The number of nitrogens with zero attached hydrogens (tertiary/aromatic N) is 2. The lowest BCUT2D eigenvalue weighted by Gasteiger charge is -2.31. The Hall–Kier alpha value is -3.76. The van der Waals surface area contributed by atoms with Crippen LogP contribution in [0.4, 0.5) is 0 Å². The molecule has 214 valence electrons. The van der Waals surface area contributed by atoms with Crippen molar-refractivity contribution in [2.24, 2.45) is 11.8 Å². The van der Waals surface area contributed by atoms with Crippen molar-refractivity contribution in [1.82, 2.24) is 20.5 Å². The summed E-state index contributed by atoms with van der Waals surface area (Å²) in [6.45, 7) is 10.3. The fraction of sp³-hybridized carbons (Fsp3) is 0.571. The zero-order valence-corrected chi connectivity index (χ0v) is 23.6. The second-order valence-electron chi connectivity index (χ2n) is 10.0. The molecule has 0 aliphatic carbocycles. The number of pyridine rings is 1. The van der Waals surface area contributed by atoms with Crippen LogP contribution in [-0.4, -0.2) is 64.8 Å². The summed E-state index contributed by atoms with van der Waals surface area (Å²) in [6.07, 6.45) is 5.04. The summed E-state index contributed by atoms with van der Waals surface area (Å²) in [6, 6.07) is 2.05. The highest BCUT2D eigenvalue weighted by Gasteiger charge is 2.39. The lowest BCUT2D eigenvalue weighted by molar-refractivity contribution is -0.150. The second kappa shape index (κ2) is 15.0. The molecule has 2 atom stereocenters. The molecule has 0 spiro atoms. The van der Waals surface area contributed by atoms with Crippen molar-refractivity contribution in [2.45, 2.75) is 79.3 Å². The predicted molar refractivity (Wildman–Crippen MR) is 142 cm³/mol. The van der Waals surface area contributed by atoms with E-state index in [1.807, 2.05) is 19.9 Å². The summed E-state index contributed by atoms with van der Waals surface area (Å²) < 4.78 is 10.1. The van der Waals surface area contributed by atoms with Gasteiger partial charge >= 0.3 is 11.9 Å². The molecule has 11 heteroatoms. The number of carbonyl (C=O) groups is 5. The van der Waals surface area contributed by atoms with E-state index < -0.39 is 35.8 Å². The molecule has 1 aromatic heterocycles. The maximum atomic E-state index is 13.6. The molecule has 3 amide bonds. The minimum absolute atomic E-state index is 0.0539. The van der Waals surface area contributed by atoms with Gasteiger partial charge in [0, 0.05) is 32.3 Å². The SMILES string of the molecule is CCOC(=O)/C(OC(C)=O)=C(\NC(=O)[C@@H]1CCCN1C(=O)C(NC(=O)CCc1cccnc1)C(C)C)C(C)C. The van der Waals surface area contributed by atoms with Crippen LogP contribution in [0.2, 0.25) is 0 Å². The maximum absolute atomic E-state index is 13.6. The van der Waals surface area contributed by atoms with Crippen LogP contribution in [0, 0.1) is 11.8 Å². The van der Waals surface area contributed by atoms with Crippen molar-refractivity contribution >= 4 is 29.7 Å². The van der Waals surface area contributed by atoms with Crippen molar-refractivity contribution in [2.75, 3.05) is 13.2 Å². The number of likely N-dealkylation sites (tertiary alicyclic amines) is 1. The van der Waals surface area contributed by atoms with Gasteiger partial charge < -0.3 is 25.0 Å². The molecule has 2 N–H and O–H groups in total.